The van der Waals surface area contributed by atoms with Gasteiger partial charge in [-0.05, 0) is 70.8 Å². The Hall–Kier alpha value is -4.25. The zero-order valence-corrected chi connectivity index (χ0v) is 23.9. The first-order valence-corrected chi connectivity index (χ1v) is 13.7. The maximum atomic E-state index is 13.0. The van der Waals surface area contributed by atoms with Crippen molar-refractivity contribution in [2.75, 3.05) is 19.7 Å². The Balaban J connectivity index is 1.53. The fraction of sp³-hybridized carbons (Fsp3) is 0.433. The van der Waals surface area contributed by atoms with E-state index in [-0.39, 0.29) is 42.7 Å². The van der Waals surface area contributed by atoms with Crippen LogP contribution in [0.25, 0.3) is 11.4 Å². The van der Waals surface area contributed by atoms with E-state index in [4.69, 9.17) is 14.0 Å². The van der Waals surface area contributed by atoms with E-state index in [9.17, 15) is 19.5 Å². The summed E-state index contributed by atoms with van der Waals surface area (Å²) >= 11 is 0. The molecule has 41 heavy (non-hydrogen) atoms. The molecule has 0 radical (unpaired) electrons. The summed E-state index contributed by atoms with van der Waals surface area (Å²) in [7, 11) is 0. The molecule has 11 nitrogen and oxygen atoms in total. The lowest BCUT2D eigenvalue weighted by molar-refractivity contribution is -0.153. The second-order valence-electron chi connectivity index (χ2n) is 10.4. The highest BCUT2D eigenvalue weighted by Crippen LogP contribution is 2.25. The highest BCUT2D eigenvalue weighted by molar-refractivity contribution is 5.99. The van der Waals surface area contributed by atoms with E-state index in [1.54, 1.807) is 13.0 Å². The summed E-state index contributed by atoms with van der Waals surface area (Å²) < 4.78 is 15.7. The summed E-state index contributed by atoms with van der Waals surface area (Å²) in [5.74, 6) is -1.04. The molecule has 1 aromatic heterocycles. The van der Waals surface area contributed by atoms with Crippen molar-refractivity contribution < 1.29 is 33.5 Å². The number of rotatable bonds is 14. The number of phenolic OH excluding ortho intramolecular Hbond substituents is 1. The maximum absolute atomic E-state index is 13.0. The summed E-state index contributed by atoms with van der Waals surface area (Å²) in [4.78, 5) is 41.5. The van der Waals surface area contributed by atoms with Crippen molar-refractivity contribution in [2.45, 2.75) is 65.0 Å². The first-order chi connectivity index (χ1) is 19.6. The Morgan fingerprint density at radius 2 is 1.83 bits per heavy atom. The van der Waals surface area contributed by atoms with Gasteiger partial charge in [-0.2, -0.15) is 4.98 Å². The molecule has 11 heteroatoms. The molecule has 0 saturated carbocycles. The largest absolute Gasteiger partial charge is 0.507 e. The topological polar surface area (TPSA) is 153 Å². The van der Waals surface area contributed by atoms with Gasteiger partial charge in [0.1, 0.15) is 17.4 Å². The number of nitrogens with one attached hydrogen (secondary N) is 2. The first kappa shape index (κ1) is 31.3. The number of hydrogen-bond acceptors (Lipinski definition) is 10. The van der Waals surface area contributed by atoms with Crippen LogP contribution in [0.2, 0.25) is 0 Å². The Labute approximate surface area is 239 Å². The van der Waals surface area contributed by atoms with Gasteiger partial charge in [0.15, 0.2) is 0 Å². The standard InChI is InChI=1S/C30H38N4O7/c1-5-39-29(38)23(17-20-11-7-6-8-12-20)32-28(37)22-15-14-21(18-24(22)35)27-33-25(41-34-27)13-9-10-16-31-19-26(36)40-30(2,3)4/h6-8,11-12,14-15,18,23,31,35H,5,9-10,13,16-17,19H2,1-4H3,(H,32,37). The van der Waals surface area contributed by atoms with Crippen molar-refractivity contribution in [1.29, 1.82) is 0 Å². The second-order valence-corrected chi connectivity index (χ2v) is 10.4. The number of hydrogen-bond donors (Lipinski definition) is 3. The average Bonchev–Trinajstić information content (AvgIpc) is 3.39. The molecule has 0 aliphatic heterocycles. The lowest BCUT2D eigenvalue weighted by atomic mass is 10.0. The number of aryl methyl sites for hydroxylation is 1. The van der Waals surface area contributed by atoms with Gasteiger partial charge >= 0.3 is 11.9 Å². The van der Waals surface area contributed by atoms with Crippen molar-refractivity contribution in [2.24, 2.45) is 0 Å². The number of amides is 1. The molecule has 0 saturated heterocycles. The number of ether oxygens (including phenoxy) is 2. The lowest BCUT2D eigenvalue weighted by Gasteiger charge is -2.19. The van der Waals surface area contributed by atoms with Gasteiger partial charge in [0.2, 0.25) is 11.7 Å². The van der Waals surface area contributed by atoms with Crippen molar-refractivity contribution in [1.82, 2.24) is 20.8 Å². The fourth-order valence-corrected chi connectivity index (χ4v) is 3.95. The van der Waals surface area contributed by atoms with Crippen molar-refractivity contribution in [3.05, 3.63) is 65.5 Å². The number of unbranched alkanes of at least 4 members (excludes halogenated alkanes) is 1. The van der Waals surface area contributed by atoms with Crippen LogP contribution in [0.3, 0.4) is 0 Å². The third kappa shape index (κ3) is 10.3. The molecule has 0 bridgehead atoms. The van der Waals surface area contributed by atoms with E-state index in [0.29, 0.717) is 24.4 Å². The number of carbonyl (C=O) groups is 3. The predicted molar refractivity (Wildman–Crippen MR) is 151 cm³/mol. The molecule has 1 unspecified atom stereocenters. The van der Waals surface area contributed by atoms with Gasteiger partial charge in [0.25, 0.3) is 5.91 Å². The van der Waals surface area contributed by atoms with Crippen LogP contribution in [-0.4, -0.2) is 64.4 Å². The van der Waals surface area contributed by atoms with Gasteiger partial charge in [0.05, 0.1) is 18.7 Å². The number of aromatic hydroxyl groups is 1. The fourth-order valence-electron chi connectivity index (χ4n) is 3.95. The molecule has 2 aromatic carbocycles. The summed E-state index contributed by atoms with van der Waals surface area (Å²) in [6.45, 7) is 8.14. The molecule has 1 heterocycles. The van der Waals surface area contributed by atoms with Gasteiger partial charge in [0, 0.05) is 18.4 Å². The molecule has 0 aliphatic rings. The second kappa shape index (κ2) is 14.9. The Kier molecular flexibility index (Phi) is 11.4. The van der Waals surface area contributed by atoms with E-state index in [1.807, 2.05) is 51.1 Å². The third-order valence-electron chi connectivity index (χ3n) is 5.81. The highest BCUT2D eigenvalue weighted by Gasteiger charge is 2.25. The van der Waals surface area contributed by atoms with Gasteiger partial charge in [-0.3, -0.25) is 9.59 Å². The Morgan fingerprint density at radius 3 is 2.51 bits per heavy atom. The number of nitrogens with zero attached hydrogens (tertiary/aromatic N) is 2. The summed E-state index contributed by atoms with van der Waals surface area (Å²) in [5, 5.41) is 20.3. The SMILES string of the molecule is CCOC(=O)C(Cc1ccccc1)NC(=O)c1ccc(-c2noc(CCCCNCC(=O)OC(C)(C)C)n2)cc1O. The van der Waals surface area contributed by atoms with Crippen LogP contribution in [0.15, 0.2) is 53.1 Å². The monoisotopic (exact) mass is 566 g/mol. The Bertz CT molecular complexity index is 1300. The zero-order valence-electron chi connectivity index (χ0n) is 23.9. The van der Waals surface area contributed by atoms with Gasteiger partial charge < -0.3 is 29.7 Å². The summed E-state index contributed by atoms with van der Waals surface area (Å²) in [5.41, 5.74) is 0.821. The van der Waals surface area contributed by atoms with Gasteiger partial charge in [-0.25, -0.2) is 4.79 Å². The van der Waals surface area contributed by atoms with Gasteiger partial charge in [-0.15, -0.1) is 0 Å². The van der Waals surface area contributed by atoms with E-state index in [1.165, 1.54) is 12.1 Å². The number of phenols is 1. The molecule has 0 fully saturated rings. The molecule has 3 aromatic rings. The lowest BCUT2D eigenvalue weighted by Crippen LogP contribution is -2.43. The van der Waals surface area contributed by atoms with Crippen LogP contribution in [0.1, 0.15) is 62.3 Å². The van der Waals surface area contributed by atoms with Crippen molar-refractivity contribution in [3.63, 3.8) is 0 Å². The van der Waals surface area contributed by atoms with E-state index in [2.05, 4.69) is 20.8 Å². The number of esters is 2. The van der Waals surface area contributed by atoms with E-state index < -0.39 is 23.5 Å². The number of benzene rings is 2. The van der Waals surface area contributed by atoms with Crippen LogP contribution >= 0.6 is 0 Å². The number of carbonyl (C=O) groups excluding carboxylic acids is 3. The Morgan fingerprint density at radius 1 is 1.07 bits per heavy atom. The molecular weight excluding hydrogens is 528 g/mol. The van der Waals surface area contributed by atoms with E-state index >= 15 is 0 Å². The quantitative estimate of drug-likeness (QED) is 0.195. The van der Waals surface area contributed by atoms with Crippen LogP contribution in [0, 0.1) is 0 Å². The summed E-state index contributed by atoms with van der Waals surface area (Å²) in [6.07, 6.45) is 2.35. The molecular formula is C30H38N4O7. The maximum Gasteiger partial charge on any atom is 0.328 e. The van der Waals surface area contributed by atoms with Crippen LogP contribution in [-0.2, 0) is 31.9 Å². The van der Waals surface area contributed by atoms with Crippen LogP contribution < -0.4 is 10.6 Å². The van der Waals surface area contributed by atoms with Crippen molar-refractivity contribution in [3.8, 4) is 17.1 Å². The summed E-state index contributed by atoms with van der Waals surface area (Å²) in [6, 6.07) is 12.8. The van der Waals surface area contributed by atoms with Gasteiger partial charge in [-0.1, -0.05) is 35.5 Å². The molecule has 3 rings (SSSR count). The predicted octanol–water partition coefficient (Wildman–Crippen LogP) is 3.60. The third-order valence-corrected chi connectivity index (χ3v) is 5.81. The zero-order chi connectivity index (χ0) is 29.8. The first-order valence-electron chi connectivity index (χ1n) is 13.7. The molecule has 3 N–H and O–H groups in total. The van der Waals surface area contributed by atoms with Crippen LogP contribution in [0.4, 0.5) is 0 Å². The minimum absolute atomic E-state index is 0.00119. The van der Waals surface area contributed by atoms with E-state index in [0.717, 1.165) is 18.4 Å². The number of aromatic nitrogens is 2. The molecule has 1 amide bonds. The normalized spacial score (nSPS) is 12.0. The van der Waals surface area contributed by atoms with Crippen molar-refractivity contribution >= 4 is 17.8 Å². The molecule has 0 aliphatic carbocycles. The minimum Gasteiger partial charge on any atom is -0.507 e. The highest BCUT2D eigenvalue weighted by atomic mass is 16.6. The minimum atomic E-state index is -0.920. The molecule has 220 valence electrons. The molecule has 0 spiro atoms. The average molecular weight is 567 g/mol. The van der Waals surface area contributed by atoms with Crippen LogP contribution in [0.5, 0.6) is 5.75 Å². The smallest absolute Gasteiger partial charge is 0.328 e. The molecule has 1 atom stereocenters.